The van der Waals surface area contributed by atoms with Crippen LogP contribution in [0.3, 0.4) is 0 Å². The Morgan fingerprint density at radius 2 is 2.00 bits per heavy atom. The lowest BCUT2D eigenvalue weighted by Crippen LogP contribution is -2.09. The highest BCUT2D eigenvalue weighted by molar-refractivity contribution is 5.92. The van der Waals surface area contributed by atoms with Crippen molar-refractivity contribution in [3.8, 4) is 0 Å². The molecule has 0 aliphatic heterocycles. The maximum absolute atomic E-state index is 10.9. The van der Waals surface area contributed by atoms with E-state index in [9.17, 15) is 4.79 Å². The third kappa shape index (κ3) is 2.75. The van der Waals surface area contributed by atoms with Crippen molar-refractivity contribution in [1.29, 1.82) is 0 Å². The van der Waals surface area contributed by atoms with E-state index in [1.54, 1.807) is 12.4 Å². The predicted molar refractivity (Wildman–Crippen MR) is 60.6 cm³/mol. The van der Waals surface area contributed by atoms with Crippen molar-refractivity contribution in [3.05, 3.63) is 47.9 Å². The zero-order chi connectivity index (χ0) is 12.1. The Bertz CT molecular complexity index is 516. The first-order valence-electron chi connectivity index (χ1n) is 4.95. The molecule has 0 saturated heterocycles. The third-order valence-electron chi connectivity index (χ3n) is 2.16. The number of anilines is 1. The van der Waals surface area contributed by atoms with Gasteiger partial charge in [0.15, 0.2) is 5.82 Å². The SMILES string of the molecule is O=C(O)c1ccnnc1NCc1ccncc1. The van der Waals surface area contributed by atoms with Crippen molar-refractivity contribution in [3.63, 3.8) is 0 Å². The summed E-state index contributed by atoms with van der Waals surface area (Å²) in [7, 11) is 0. The molecule has 6 nitrogen and oxygen atoms in total. The van der Waals surface area contributed by atoms with Crippen molar-refractivity contribution in [2.45, 2.75) is 6.54 Å². The molecule has 6 heteroatoms. The first-order valence-corrected chi connectivity index (χ1v) is 4.95. The van der Waals surface area contributed by atoms with Crippen LogP contribution in [-0.2, 0) is 6.54 Å². The van der Waals surface area contributed by atoms with Crippen molar-refractivity contribution < 1.29 is 9.90 Å². The van der Waals surface area contributed by atoms with Crippen LogP contribution in [0.5, 0.6) is 0 Å². The molecule has 0 saturated carbocycles. The third-order valence-corrected chi connectivity index (χ3v) is 2.16. The molecule has 2 N–H and O–H groups in total. The highest BCUT2D eigenvalue weighted by atomic mass is 16.4. The van der Waals surface area contributed by atoms with E-state index in [2.05, 4.69) is 20.5 Å². The van der Waals surface area contributed by atoms with E-state index in [1.807, 2.05) is 12.1 Å². The number of hydrogen-bond acceptors (Lipinski definition) is 5. The molecule has 0 bridgehead atoms. The second kappa shape index (κ2) is 5.02. The maximum atomic E-state index is 10.9. The van der Waals surface area contributed by atoms with Gasteiger partial charge in [0.2, 0.25) is 0 Å². The van der Waals surface area contributed by atoms with Gasteiger partial charge in [0.1, 0.15) is 5.56 Å². The molecule has 0 amide bonds. The van der Waals surface area contributed by atoms with Crippen LogP contribution in [0.2, 0.25) is 0 Å². The molecule has 0 atom stereocenters. The smallest absolute Gasteiger partial charge is 0.339 e. The molecule has 0 unspecified atom stereocenters. The van der Waals surface area contributed by atoms with Crippen LogP contribution in [0.15, 0.2) is 36.8 Å². The highest BCUT2D eigenvalue weighted by Crippen LogP contribution is 2.11. The van der Waals surface area contributed by atoms with Crippen molar-refractivity contribution in [1.82, 2.24) is 15.2 Å². The highest BCUT2D eigenvalue weighted by Gasteiger charge is 2.10. The number of rotatable bonds is 4. The summed E-state index contributed by atoms with van der Waals surface area (Å²) >= 11 is 0. The monoisotopic (exact) mass is 230 g/mol. The number of aromatic carboxylic acids is 1. The van der Waals surface area contributed by atoms with E-state index in [4.69, 9.17) is 5.11 Å². The Morgan fingerprint density at radius 1 is 1.24 bits per heavy atom. The molecule has 0 aliphatic rings. The molecule has 2 heterocycles. The molecular weight excluding hydrogens is 220 g/mol. The lowest BCUT2D eigenvalue weighted by molar-refractivity contribution is 0.0697. The molecule has 86 valence electrons. The summed E-state index contributed by atoms with van der Waals surface area (Å²) in [6, 6.07) is 5.08. The summed E-state index contributed by atoms with van der Waals surface area (Å²) in [5, 5.41) is 19.3. The predicted octanol–water partition coefficient (Wildman–Crippen LogP) is 1.18. The topological polar surface area (TPSA) is 88.0 Å². The number of nitrogens with zero attached hydrogens (tertiary/aromatic N) is 3. The summed E-state index contributed by atoms with van der Waals surface area (Å²) in [6.07, 6.45) is 4.69. The van der Waals surface area contributed by atoms with Gasteiger partial charge in [0.25, 0.3) is 0 Å². The Labute approximate surface area is 97.4 Å². The van der Waals surface area contributed by atoms with E-state index < -0.39 is 5.97 Å². The van der Waals surface area contributed by atoms with Gasteiger partial charge in [-0.05, 0) is 23.8 Å². The van der Waals surface area contributed by atoms with Gasteiger partial charge in [0.05, 0.1) is 6.20 Å². The molecule has 0 aliphatic carbocycles. The van der Waals surface area contributed by atoms with Crippen LogP contribution < -0.4 is 5.32 Å². The molecular formula is C11H10N4O2. The molecule has 0 spiro atoms. The lowest BCUT2D eigenvalue weighted by Gasteiger charge is -2.06. The Kier molecular flexibility index (Phi) is 3.25. The lowest BCUT2D eigenvalue weighted by atomic mass is 10.2. The first-order chi connectivity index (χ1) is 8.27. The standard InChI is InChI=1S/C11H10N4O2/c16-11(17)9-3-6-14-15-10(9)13-7-8-1-4-12-5-2-8/h1-6H,7H2,(H,13,15)(H,16,17). The number of pyridine rings is 1. The molecule has 0 radical (unpaired) electrons. The molecule has 2 aromatic heterocycles. The van der Waals surface area contributed by atoms with Gasteiger partial charge < -0.3 is 10.4 Å². The van der Waals surface area contributed by atoms with Gasteiger partial charge in [-0.15, -0.1) is 5.10 Å². The number of carbonyl (C=O) groups is 1. The maximum Gasteiger partial charge on any atom is 0.339 e. The van der Waals surface area contributed by atoms with E-state index >= 15 is 0 Å². The van der Waals surface area contributed by atoms with Gasteiger partial charge in [-0.25, -0.2) is 4.79 Å². The number of aromatic nitrogens is 3. The fourth-order valence-corrected chi connectivity index (χ4v) is 1.32. The second-order valence-electron chi connectivity index (χ2n) is 3.31. The molecule has 0 aromatic carbocycles. The van der Waals surface area contributed by atoms with Crippen LogP contribution in [0.1, 0.15) is 15.9 Å². The number of hydrogen-bond donors (Lipinski definition) is 2. The minimum atomic E-state index is -1.03. The summed E-state index contributed by atoms with van der Waals surface area (Å²) in [5.41, 5.74) is 1.09. The number of carboxylic acid groups (broad SMARTS) is 1. The average molecular weight is 230 g/mol. The first kappa shape index (κ1) is 11.0. The Morgan fingerprint density at radius 3 is 2.71 bits per heavy atom. The molecule has 2 rings (SSSR count). The normalized spacial score (nSPS) is 9.88. The number of carboxylic acids is 1. The van der Waals surface area contributed by atoms with Crippen LogP contribution in [0.4, 0.5) is 5.82 Å². The molecule has 2 aromatic rings. The minimum Gasteiger partial charge on any atom is -0.478 e. The van der Waals surface area contributed by atoms with Gasteiger partial charge in [-0.1, -0.05) is 0 Å². The average Bonchev–Trinajstić information content (AvgIpc) is 2.38. The van der Waals surface area contributed by atoms with Gasteiger partial charge in [-0.3, -0.25) is 4.98 Å². The minimum absolute atomic E-state index is 0.106. The fraction of sp³-hybridized carbons (Fsp3) is 0.0909. The van der Waals surface area contributed by atoms with Gasteiger partial charge >= 0.3 is 5.97 Å². The largest absolute Gasteiger partial charge is 0.478 e. The summed E-state index contributed by atoms with van der Waals surface area (Å²) in [5.74, 6) is -0.769. The molecule has 17 heavy (non-hydrogen) atoms. The van der Waals surface area contributed by atoms with Crippen LogP contribution in [0, 0.1) is 0 Å². The Hall–Kier alpha value is -2.50. The van der Waals surface area contributed by atoms with Crippen molar-refractivity contribution >= 4 is 11.8 Å². The van der Waals surface area contributed by atoms with E-state index in [0.717, 1.165) is 5.56 Å². The fourth-order valence-electron chi connectivity index (χ4n) is 1.32. The van der Waals surface area contributed by atoms with Gasteiger partial charge in [0, 0.05) is 18.9 Å². The summed E-state index contributed by atoms with van der Waals surface area (Å²) in [6.45, 7) is 0.474. The van der Waals surface area contributed by atoms with E-state index in [-0.39, 0.29) is 11.4 Å². The second-order valence-corrected chi connectivity index (χ2v) is 3.31. The Balaban J connectivity index is 2.12. The van der Waals surface area contributed by atoms with Crippen molar-refractivity contribution in [2.24, 2.45) is 0 Å². The van der Waals surface area contributed by atoms with Crippen LogP contribution in [-0.4, -0.2) is 26.3 Å². The summed E-state index contributed by atoms with van der Waals surface area (Å²) in [4.78, 5) is 14.8. The molecule has 0 fully saturated rings. The number of nitrogens with one attached hydrogen (secondary N) is 1. The van der Waals surface area contributed by atoms with E-state index in [0.29, 0.717) is 6.54 Å². The quantitative estimate of drug-likeness (QED) is 0.820. The summed E-state index contributed by atoms with van der Waals surface area (Å²) < 4.78 is 0. The van der Waals surface area contributed by atoms with Gasteiger partial charge in [-0.2, -0.15) is 5.10 Å². The zero-order valence-corrected chi connectivity index (χ0v) is 8.87. The van der Waals surface area contributed by atoms with Crippen molar-refractivity contribution in [2.75, 3.05) is 5.32 Å². The van der Waals surface area contributed by atoms with Crippen LogP contribution >= 0.6 is 0 Å². The van der Waals surface area contributed by atoms with E-state index in [1.165, 1.54) is 12.3 Å². The van der Waals surface area contributed by atoms with Crippen LogP contribution in [0.25, 0.3) is 0 Å². The zero-order valence-electron chi connectivity index (χ0n) is 8.87.